The van der Waals surface area contributed by atoms with E-state index in [0.717, 1.165) is 41.5 Å². The van der Waals surface area contributed by atoms with Crippen LogP contribution in [0.4, 0.5) is 5.69 Å². The number of nitrogens with one attached hydrogen (secondary N) is 1. The molecule has 1 N–H and O–H groups in total. The van der Waals surface area contributed by atoms with E-state index < -0.39 is 20.0 Å². The van der Waals surface area contributed by atoms with Gasteiger partial charge in [0.15, 0.2) is 0 Å². The van der Waals surface area contributed by atoms with Crippen molar-refractivity contribution < 1.29 is 21.6 Å². The zero-order chi connectivity index (χ0) is 27.0. The summed E-state index contributed by atoms with van der Waals surface area (Å²) in [6.45, 7) is 8.95. The normalized spacial score (nSPS) is 18.6. The molecule has 0 radical (unpaired) electrons. The first-order chi connectivity index (χ1) is 17.4. The molecule has 4 rings (SSSR count). The van der Waals surface area contributed by atoms with E-state index in [0.29, 0.717) is 36.5 Å². The highest BCUT2D eigenvalue weighted by Crippen LogP contribution is 2.30. The number of amides is 1. The maximum atomic E-state index is 13.4. The second-order valence-electron chi connectivity index (χ2n) is 10.3. The Bertz CT molecular complexity index is 1370. The third-order valence-electron chi connectivity index (χ3n) is 7.45. The van der Waals surface area contributed by atoms with Crippen molar-refractivity contribution in [1.29, 1.82) is 0 Å². The summed E-state index contributed by atoms with van der Waals surface area (Å²) in [4.78, 5) is 13.6. The number of rotatable bonds is 6. The van der Waals surface area contributed by atoms with Crippen molar-refractivity contribution in [2.45, 2.75) is 69.6 Å². The third-order valence-corrected chi connectivity index (χ3v) is 11.5. The van der Waals surface area contributed by atoms with Crippen molar-refractivity contribution in [1.82, 2.24) is 8.61 Å². The van der Waals surface area contributed by atoms with Crippen LogP contribution in [0.25, 0.3) is 0 Å². The fourth-order valence-electron chi connectivity index (χ4n) is 5.45. The summed E-state index contributed by atoms with van der Waals surface area (Å²) in [6, 6.07) is 8.60. The quantitative estimate of drug-likeness (QED) is 0.586. The molecule has 2 aromatic rings. The lowest BCUT2D eigenvalue weighted by Gasteiger charge is -2.31. The van der Waals surface area contributed by atoms with E-state index in [1.165, 1.54) is 8.61 Å². The van der Waals surface area contributed by atoms with E-state index in [1.54, 1.807) is 18.2 Å². The van der Waals surface area contributed by atoms with E-state index in [4.69, 9.17) is 0 Å². The summed E-state index contributed by atoms with van der Waals surface area (Å²) >= 11 is 0. The second-order valence-corrected chi connectivity index (χ2v) is 14.1. The second kappa shape index (κ2) is 10.8. The minimum atomic E-state index is -3.66. The first kappa shape index (κ1) is 27.8. The number of hydrogen-bond donors (Lipinski definition) is 1. The molecule has 0 unspecified atom stereocenters. The summed E-state index contributed by atoms with van der Waals surface area (Å²) in [5, 5.41) is 2.92. The van der Waals surface area contributed by atoms with Gasteiger partial charge in [0.2, 0.25) is 26.0 Å². The van der Waals surface area contributed by atoms with Crippen LogP contribution >= 0.6 is 0 Å². The Morgan fingerprint density at radius 3 is 1.92 bits per heavy atom. The van der Waals surface area contributed by atoms with Gasteiger partial charge in [-0.3, -0.25) is 4.79 Å². The minimum Gasteiger partial charge on any atom is -0.326 e. The number of carbonyl (C=O) groups is 1. The Morgan fingerprint density at radius 1 is 0.757 bits per heavy atom. The van der Waals surface area contributed by atoms with Gasteiger partial charge in [-0.2, -0.15) is 8.61 Å². The van der Waals surface area contributed by atoms with Crippen LogP contribution in [-0.4, -0.2) is 57.5 Å². The van der Waals surface area contributed by atoms with Crippen molar-refractivity contribution >= 4 is 31.6 Å². The topological polar surface area (TPSA) is 104 Å². The summed E-state index contributed by atoms with van der Waals surface area (Å²) in [7, 11) is -7.27. The number of nitrogens with zero attached hydrogens (tertiary/aromatic N) is 2. The van der Waals surface area contributed by atoms with Gasteiger partial charge < -0.3 is 5.32 Å². The van der Waals surface area contributed by atoms with Gasteiger partial charge in [0.05, 0.1) is 9.79 Å². The maximum Gasteiger partial charge on any atom is 0.243 e. The van der Waals surface area contributed by atoms with Crippen molar-refractivity contribution in [3.63, 3.8) is 0 Å². The first-order valence-electron chi connectivity index (χ1n) is 12.9. The summed E-state index contributed by atoms with van der Waals surface area (Å²) < 4.78 is 55.9. The summed E-state index contributed by atoms with van der Waals surface area (Å²) in [5.74, 6) is -0.566. The average molecular weight is 548 g/mol. The van der Waals surface area contributed by atoms with Gasteiger partial charge in [0.1, 0.15) is 0 Å². The van der Waals surface area contributed by atoms with Crippen LogP contribution in [0.5, 0.6) is 0 Å². The van der Waals surface area contributed by atoms with Gasteiger partial charge in [-0.1, -0.05) is 30.2 Å². The molecular weight excluding hydrogens is 510 g/mol. The smallest absolute Gasteiger partial charge is 0.243 e. The van der Waals surface area contributed by atoms with E-state index in [9.17, 15) is 21.6 Å². The van der Waals surface area contributed by atoms with Crippen LogP contribution in [0.2, 0.25) is 0 Å². The van der Waals surface area contributed by atoms with Gasteiger partial charge in [-0.25, -0.2) is 16.8 Å². The molecule has 202 valence electrons. The number of anilines is 1. The van der Waals surface area contributed by atoms with Crippen LogP contribution in [0, 0.1) is 33.6 Å². The van der Waals surface area contributed by atoms with Gasteiger partial charge >= 0.3 is 0 Å². The predicted octanol–water partition coefficient (Wildman–Crippen LogP) is 4.13. The van der Waals surface area contributed by atoms with Gasteiger partial charge in [0.25, 0.3) is 0 Å². The molecule has 2 fully saturated rings. The van der Waals surface area contributed by atoms with Crippen LogP contribution in [-0.2, 0) is 24.8 Å². The lowest BCUT2D eigenvalue weighted by atomic mass is 9.97. The van der Waals surface area contributed by atoms with Crippen LogP contribution in [0.3, 0.4) is 0 Å². The molecule has 0 bridgehead atoms. The molecule has 37 heavy (non-hydrogen) atoms. The maximum absolute atomic E-state index is 13.4. The third kappa shape index (κ3) is 5.77. The highest BCUT2D eigenvalue weighted by atomic mass is 32.2. The number of benzene rings is 2. The Morgan fingerprint density at radius 2 is 1.32 bits per heavy atom. The molecule has 1 amide bonds. The molecule has 0 aromatic heterocycles. The fraction of sp³-hybridized carbons (Fsp3) is 0.519. The average Bonchev–Trinajstić information content (AvgIpc) is 2.85. The van der Waals surface area contributed by atoms with Crippen LogP contribution in [0.1, 0.15) is 54.4 Å². The lowest BCUT2D eigenvalue weighted by molar-refractivity contribution is -0.120. The highest BCUT2D eigenvalue weighted by Gasteiger charge is 2.34. The highest BCUT2D eigenvalue weighted by molar-refractivity contribution is 7.89. The first-order valence-corrected chi connectivity index (χ1v) is 15.8. The van der Waals surface area contributed by atoms with E-state index in [2.05, 4.69) is 5.32 Å². The molecule has 0 saturated carbocycles. The molecule has 8 nitrogen and oxygen atoms in total. The molecule has 2 heterocycles. The number of hydrogen-bond acceptors (Lipinski definition) is 5. The Balaban J connectivity index is 1.44. The van der Waals surface area contributed by atoms with E-state index in [-0.39, 0.29) is 29.8 Å². The number of aryl methyl sites for hydroxylation is 4. The summed E-state index contributed by atoms with van der Waals surface area (Å²) in [5.41, 5.74) is 3.73. The Labute approximate surface area is 221 Å². The van der Waals surface area contributed by atoms with E-state index in [1.807, 2.05) is 39.8 Å². The summed E-state index contributed by atoms with van der Waals surface area (Å²) in [6.07, 6.45) is 3.55. The molecule has 2 aliphatic heterocycles. The Kier molecular flexibility index (Phi) is 8.13. The molecule has 0 spiro atoms. The number of sulfonamides is 2. The molecule has 2 aromatic carbocycles. The van der Waals surface area contributed by atoms with Crippen molar-refractivity contribution in [2.24, 2.45) is 5.92 Å². The number of piperidine rings is 2. The SMILES string of the molecule is Cc1cc(C)c(S(=O)(=O)N2CCC(C(=O)Nc3cc(S(=O)(=O)N4CCCCC4)ccc3C)CC2)c(C)c1. The fourth-order valence-corrected chi connectivity index (χ4v) is 8.87. The molecule has 2 saturated heterocycles. The lowest BCUT2D eigenvalue weighted by Crippen LogP contribution is -2.41. The van der Waals surface area contributed by atoms with E-state index >= 15 is 0 Å². The zero-order valence-electron chi connectivity index (χ0n) is 22.1. The predicted molar refractivity (Wildman–Crippen MR) is 145 cm³/mol. The minimum absolute atomic E-state index is 0.181. The molecule has 0 atom stereocenters. The molecule has 10 heteroatoms. The van der Waals surface area contributed by atoms with Crippen molar-refractivity contribution in [3.8, 4) is 0 Å². The molecule has 2 aliphatic rings. The molecule has 0 aliphatic carbocycles. The van der Waals surface area contributed by atoms with Crippen LogP contribution in [0.15, 0.2) is 40.1 Å². The van der Waals surface area contributed by atoms with Crippen molar-refractivity contribution in [2.75, 3.05) is 31.5 Å². The van der Waals surface area contributed by atoms with Gasteiger partial charge in [-0.15, -0.1) is 0 Å². The van der Waals surface area contributed by atoms with Gasteiger partial charge in [-0.05, 0) is 82.2 Å². The van der Waals surface area contributed by atoms with Crippen LogP contribution < -0.4 is 5.32 Å². The van der Waals surface area contributed by atoms with Crippen molar-refractivity contribution in [3.05, 3.63) is 52.6 Å². The zero-order valence-corrected chi connectivity index (χ0v) is 23.7. The number of carbonyl (C=O) groups excluding carboxylic acids is 1. The van der Waals surface area contributed by atoms with Gasteiger partial charge in [0, 0.05) is 37.8 Å². The largest absolute Gasteiger partial charge is 0.326 e. The standard InChI is InChI=1S/C27H37N3O5S2/c1-19-16-21(3)26(22(4)17-19)37(34,35)30-14-10-23(11-15-30)27(31)28-25-18-24(9-8-20(25)2)36(32,33)29-12-6-5-7-13-29/h8-9,16-18,23H,5-7,10-15H2,1-4H3,(H,28,31). The Hall–Kier alpha value is -2.27. The molecular formula is C27H37N3O5S2. The monoisotopic (exact) mass is 547 g/mol.